The Kier molecular flexibility index (Phi) is 4.92. The molecule has 10 aromatic rings. The molecule has 0 N–H and O–H groups in total. The maximum atomic E-state index is 5.23. The Hall–Kier alpha value is -4.90. The van der Waals surface area contributed by atoms with Crippen molar-refractivity contribution in [2.45, 2.75) is 13.8 Å². The molecule has 0 atom stereocenters. The number of aryl methyl sites for hydroxylation is 2. The van der Waals surface area contributed by atoms with Crippen LogP contribution in [-0.2, 0) is 0 Å². The zero-order valence-corrected chi connectivity index (χ0v) is 25.7. The summed E-state index contributed by atoms with van der Waals surface area (Å²) in [4.78, 5) is 10.5. The third-order valence-electron chi connectivity index (χ3n) is 9.26. The summed E-state index contributed by atoms with van der Waals surface area (Å²) in [6, 6.07) is 40.3. The molecule has 0 saturated carbocycles. The van der Waals surface area contributed by atoms with Crippen molar-refractivity contribution in [2.24, 2.45) is 0 Å². The smallest absolute Gasteiger partial charge is 0.0725 e. The summed E-state index contributed by atoms with van der Waals surface area (Å²) in [5.41, 5.74) is 8.93. The molecular formula is C40H24N2S2. The lowest BCUT2D eigenvalue weighted by Crippen LogP contribution is -1.97. The minimum absolute atomic E-state index is 1.03. The molecule has 4 aromatic heterocycles. The minimum Gasteiger partial charge on any atom is -0.252 e. The predicted molar refractivity (Wildman–Crippen MR) is 192 cm³/mol. The van der Waals surface area contributed by atoms with Crippen LogP contribution in [0.4, 0.5) is 0 Å². The van der Waals surface area contributed by atoms with E-state index < -0.39 is 0 Å². The zero-order chi connectivity index (χ0) is 29.1. The molecule has 6 aromatic carbocycles. The fourth-order valence-corrected chi connectivity index (χ4v) is 9.33. The summed E-state index contributed by atoms with van der Waals surface area (Å²) in [7, 11) is 0. The molecule has 0 unspecified atom stereocenters. The molecule has 0 aliphatic rings. The van der Waals surface area contributed by atoms with Gasteiger partial charge < -0.3 is 0 Å². The second kappa shape index (κ2) is 8.82. The largest absolute Gasteiger partial charge is 0.252 e. The molecule has 44 heavy (non-hydrogen) atoms. The number of fused-ring (bicyclic) bond motifs is 6. The molecule has 0 aliphatic heterocycles. The highest BCUT2D eigenvalue weighted by molar-refractivity contribution is 7.26. The number of rotatable bonds is 2. The van der Waals surface area contributed by atoms with Gasteiger partial charge in [0.2, 0.25) is 0 Å². The lowest BCUT2D eigenvalue weighted by atomic mass is 9.92. The van der Waals surface area contributed by atoms with E-state index in [9.17, 15) is 0 Å². The molecule has 4 heteroatoms. The summed E-state index contributed by atoms with van der Waals surface area (Å²) in [6.45, 7) is 4.28. The number of thiophene rings is 2. The standard InChI is InChI=1S/C40H24N2S2/c1-21-29-17-25(23-11-13-37-31(15-23)27-7-3-5-9-35(27)43-37)20-34-39(29)40-30(22(2)42-34)18-26(19-33(40)41-21)24-12-14-38-32(16-24)28-8-4-6-10-36(28)44-38/h3-20H,1-2H3. The first kappa shape index (κ1) is 24.5. The van der Waals surface area contributed by atoms with E-state index in [-0.39, 0.29) is 0 Å². The van der Waals surface area contributed by atoms with Gasteiger partial charge in [-0.05, 0) is 96.8 Å². The molecule has 10 rings (SSSR count). The Balaban J connectivity index is 1.19. The number of hydrogen-bond donors (Lipinski definition) is 0. The summed E-state index contributed by atoms with van der Waals surface area (Å²) in [5.74, 6) is 0. The van der Waals surface area contributed by atoms with E-state index in [1.165, 1.54) is 84.1 Å². The van der Waals surface area contributed by atoms with E-state index in [1.54, 1.807) is 0 Å². The van der Waals surface area contributed by atoms with Crippen molar-refractivity contribution in [1.82, 2.24) is 9.97 Å². The lowest BCUT2D eigenvalue weighted by molar-refractivity contribution is 1.26. The van der Waals surface area contributed by atoms with E-state index in [0.29, 0.717) is 0 Å². The Morgan fingerprint density at radius 1 is 0.386 bits per heavy atom. The van der Waals surface area contributed by atoms with Gasteiger partial charge in [0.05, 0.1) is 11.0 Å². The van der Waals surface area contributed by atoms with Crippen LogP contribution in [0.3, 0.4) is 0 Å². The second-order valence-corrected chi connectivity index (χ2v) is 14.0. The van der Waals surface area contributed by atoms with E-state index in [2.05, 4.69) is 123 Å². The van der Waals surface area contributed by atoms with Gasteiger partial charge in [-0.1, -0.05) is 48.5 Å². The molecule has 0 saturated heterocycles. The van der Waals surface area contributed by atoms with Crippen LogP contribution in [0, 0.1) is 13.8 Å². The Morgan fingerprint density at radius 2 is 0.795 bits per heavy atom. The highest BCUT2D eigenvalue weighted by atomic mass is 32.1. The average Bonchev–Trinajstić information content (AvgIpc) is 3.61. The summed E-state index contributed by atoms with van der Waals surface area (Å²) >= 11 is 3.71. The molecule has 0 fully saturated rings. The Bertz CT molecular complexity index is 2610. The Morgan fingerprint density at radius 3 is 1.27 bits per heavy atom. The van der Waals surface area contributed by atoms with E-state index in [1.807, 2.05) is 22.7 Å². The quantitative estimate of drug-likeness (QED) is 0.186. The van der Waals surface area contributed by atoms with Crippen molar-refractivity contribution in [3.05, 3.63) is 121 Å². The van der Waals surface area contributed by atoms with Crippen LogP contribution >= 0.6 is 22.7 Å². The highest BCUT2D eigenvalue weighted by Gasteiger charge is 2.18. The SMILES string of the molecule is Cc1nc2cc(-c3ccc4sc5ccccc5c4c3)cc3c(C)nc4cc(-c5ccc6sc7ccccc7c6c5)cc1c4c23. The molecule has 206 valence electrons. The first-order chi connectivity index (χ1) is 21.6. The van der Waals surface area contributed by atoms with Crippen molar-refractivity contribution in [1.29, 1.82) is 0 Å². The molecule has 0 bridgehead atoms. The lowest BCUT2D eigenvalue weighted by Gasteiger charge is -2.17. The number of benzene rings is 6. The number of aromatic nitrogens is 2. The normalized spacial score (nSPS) is 12.3. The minimum atomic E-state index is 1.03. The number of pyridine rings is 2. The summed E-state index contributed by atoms with van der Waals surface area (Å²) in [6.07, 6.45) is 0. The highest BCUT2D eigenvalue weighted by Crippen LogP contribution is 2.43. The van der Waals surface area contributed by atoms with E-state index >= 15 is 0 Å². The predicted octanol–water partition coefficient (Wildman–Crippen LogP) is 12.1. The van der Waals surface area contributed by atoms with Crippen molar-refractivity contribution >= 4 is 95.6 Å². The van der Waals surface area contributed by atoms with Gasteiger partial charge in [-0.3, -0.25) is 9.97 Å². The van der Waals surface area contributed by atoms with Crippen LogP contribution in [0.2, 0.25) is 0 Å². The fourth-order valence-electron chi connectivity index (χ4n) is 7.15. The van der Waals surface area contributed by atoms with Crippen LogP contribution in [0.25, 0.3) is 95.2 Å². The van der Waals surface area contributed by atoms with Gasteiger partial charge in [-0.2, -0.15) is 0 Å². The van der Waals surface area contributed by atoms with Crippen molar-refractivity contribution in [3.8, 4) is 22.3 Å². The van der Waals surface area contributed by atoms with Gasteiger partial charge >= 0.3 is 0 Å². The molecular weight excluding hydrogens is 573 g/mol. The van der Waals surface area contributed by atoms with Gasteiger partial charge in [-0.15, -0.1) is 22.7 Å². The van der Waals surface area contributed by atoms with Crippen LogP contribution in [0.15, 0.2) is 109 Å². The average molecular weight is 597 g/mol. The van der Waals surface area contributed by atoms with Crippen molar-refractivity contribution in [2.75, 3.05) is 0 Å². The van der Waals surface area contributed by atoms with E-state index in [0.717, 1.165) is 22.4 Å². The summed E-state index contributed by atoms with van der Waals surface area (Å²) in [5, 5.41) is 10.0. The van der Waals surface area contributed by atoms with Crippen LogP contribution in [0.1, 0.15) is 11.4 Å². The van der Waals surface area contributed by atoms with Crippen molar-refractivity contribution in [3.63, 3.8) is 0 Å². The van der Waals surface area contributed by atoms with Crippen LogP contribution in [0.5, 0.6) is 0 Å². The first-order valence-electron chi connectivity index (χ1n) is 14.9. The molecule has 4 heterocycles. The number of hydrogen-bond acceptors (Lipinski definition) is 4. The fraction of sp³-hybridized carbons (Fsp3) is 0.0500. The molecule has 2 nitrogen and oxygen atoms in total. The van der Waals surface area contributed by atoms with Gasteiger partial charge in [0, 0.05) is 73.3 Å². The van der Waals surface area contributed by atoms with Crippen molar-refractivity contribution < 1.29 is 0 Å². The van der Waals surface area contributed by atoms with E-state index in [4.69, 9.17) is 9.97 Å². The molecule has 0 amide bonds. The monoisotopic (exact) mass is 596 g/mol. The van der Waals surface area contributed by atoms with Gasteiger partial charge in [0.1, 0.15) is 0 Å². The topological polar surface area (TPSA) is 25.8 Å². The molecule has 0 spiro atoms. The third kappa shape index (κ3) is 3.41. The molecule has 0 aliphatic carbocycles. The van der Waals surface area contributed by atoms with Crippen LogP contribution < -0.4 is 0 Å². The Labute approximate surface area is 261 Å². The van der Waals surface area contributed by atoms with Gasteiger partial charge in [-0.25, -0.2) is 0 Å². The molecule has 0 radical (unpaired) electrons. The first-order valence-corrected chi connectivity index (χ1v) is 16.5. The second-order valence-electron chi connectivity index (χ2n) is 11.8. The zero-order valence-electron chi connectivity index (χ0n) is 24.1. The van der Waals surface area contributed by atoms with Gasteiger partial charge in [0.25, 0.3) is 0 Å². The number of nitrogens with zero attached hydrogens (tertiary/aromatic N) is 2. The van der Waals surface area contributed by atoms with Crippen LogP contribution in [-0.4, -0.2) is 9.97 Å². The maximum Gasteiger partial charge on any atom is 0.0725 e. The maximum absolute atomic E-state index is 5.23. The summed E-state index contributed by atoms with van der Waals surface area (Å²) < 4.78 is 5.30. The van der Waals surface area contributed by atoms with Gasteiger partial charge in [0.15, 0.2) is 0 Å². The third-order valence-corrected chi connectivity index (χ3v) is 11.6.